The lowest BCUT2D eigenvalue weighted by Gasteiger charge is -2.07. The van der Waals surface area contributed by atoms with Crippen LogP contribution >= 0.6 is 12.2 Å². The normalized spacial score (nSPS) is 10.9. The van der Waals surface area contributed by atoms with Crippen molar-refractivity contribution in [2.45, 2.75) is 26.8 Å². The average molecular weight is 269 g/mol. The van der Waals surface area contributed by atoms with Crippen molar-refractivity contribution in [3.63, 3.8) is 0 Å². The number of halogens is 2. The summed E-state index contributed by atoms with van der Waals surface area (Å²) in [7, 11) is 0. The maximum absolute atomic E-state index is 13.8. The summed E-state index contributed by atoms with van der Waals surface area (Å²) in [6, 6.07) is 2.32. The van der Waals surface area contributed by atoms with Gasteiger partial charge in [0, 0.05) is 12.6 Å². The predicted molar refractivity (Wildman–Crippen MR) is 67.8 cm³/mol. The highest BCUT2D eigenvalue weighted by Gasteiger charge is 2.15. The molecule has 0 aliphatic heterocycles. The third-order valence-electron chi connectivity index (χ3n) is 2.69. The number of rotatable bonds is 3. The van der Waals surface area contributed by atoms with E-state index in [4.69, 9.17) is 12.2 Å². The minimum absolute atomic E-state index is 0.259. The van der Waals surface area contributed by atoms with Crippen LogP contribution in [-0.2, 0) is 6.54 Å². The summed E-state index contributed by atoms with van der Waals surface area (Å²) >= 11 is 5.09. The molecule has 1 aromatic heterocycles. The number of hydrogen-bond acceptors (Lipinski definition) is 2. The first-order chi connectivity index (χ1) is 8.54. The van der Waals surface area contributed by atoms with Crippen LogP contribution in [0.5, 0.6) is 0 Å². The molecule has 18 heavy (non-hydrogen) atoms. The van der Waals surface area contributed by atoms with Gasteiger partial charge in [0.2, 0.25) is 0 Å². The number of aromatic nitrogens is 3. The number of benzene rings is 1. The third kappa shape index (κ3) is 2.20. The number of aromatic amines is 1. The van der Waals surface area contributed by atoms with Gasteiger partial charge in [-0.05, 0) is 37.2 Å². The molecule has 0 unspecified atom stereocenters. The number of nitrogens with one attached hydrogen (secondary N) is 1. The molecule has 0 radical (unpaired) electrons. The van der Waals surface area contributed by atoms with E-state index in [1.165, 1.54) is 6.07 Å². The van der Waals surface area contributed by atoms with E-state index >= 15 is 0 Å². The number of aryl methyl sites for hydroxylation is 1. The zero-order valence-electron chi connectivity index (χ0n) is 10.1. The second-order valence-electron chi connectivity index (χ2n) is 4.09. The van der Waals surface area contributed by atoms with Crippen molar-refractivity contribution in [3.8, 4) is 11.4 Å². The molecular weight excluding hydrogens is 256 g/mol. The van der Waals surface area contributed by atoms with Crippen molar-refractivity contribution >= 4 is 12.2 Å². The molecule has 0 aliphatic rings. The Morgan fingerprint density at radius 2 is 2.06 bits per heavy atom. The molecule has 0 bridgehead atoms. The van der Waals surface area contributed by atoms with E-state index in [1.54, 1.807) is 11.5 Å². The molecule has 0 saturated carbocycles. The summed E-state index contributed by atoms with van der Waals surface area (Å²) in [5.74, 6) is -0.792. The molecule has 0 amide bonds. The van der Waals surface area contributed by atoms with E-state index in [1.807, 2.05) is 6.92 Å². The highest BCUT2D eigenvalue weighted by Crippen LogP contribution is 2.24. The van der Waals surface area contributed by atoms with E-state index in [9.17, 15) is 8.78 Å². The molecule has 2 aromatic rings. The zero-order valence-corrected chi connectivity index (χ0v) is 10.9. The maximum atomic E-state index is 13.8. The van der Waals surface area contributed by atoms with Crippen molar-refractivity contribution in [2.24, 2.45) is 0 Å². The van der Waals surface area contributed by atoms with Gasteiger partial charge >= 0.3 is 0 Å². The Labute approximate surface area is 108 Å². The fraction of sp³-hybridized carbons (Fsp3) is 0.333. The van der Waals surface area contributed by atoms with Gasteiger partial charge in [-0.25, -0.2) is 8.78 Å². The minimum Gasteiger partial charge on any atom is -0.300 e. The SMILES string of the molecule is CCCn1c(-c2cc(C)c(F)cc2F)n[nH]c1=S. The molecule has 0 saturated heterocycles. The van der Waals surface area contributed by atoms with Crippen LogP contribution in [0.3, 0.4) is 0 Å². The van der Waals surface area contributed by atoms with Crippen LogP contribution in [0.1, 0.15) is 18.9 Å². The van der Waals surface area contributed by atoms with Crippen LogP contribution in [0.25, 0.3) is 11.4 Å². The average Bonchev–Trinajstić information content (AvgIpc) is 2.67. The standard InChI is InChI=1S/C12H13F2N3S/c1-3-4-17-11(15-16-12(17)18)8-5-7(2)9(13)6-10(8)14/h5-6H,3-4H2,1-2H3,(H,16,18). The van der Waals surface area contributed by atoms with Gasteiger partial charge in [-0.3, -0.25) is 5.10 Å². The lowest BCUT2D eigenvalue weighted by Crippen LogP contribution is -2.02. The first-order valence-electron chi connectivity index (χ1n) is 5.65. The van der Waals surface area contributed by atoms with Crippen molar-refractivity contribution in [1.29, 1.82) is 0 Å². The van der Waals surface area contributed by atoms with Crippen molar-refractivity contribution in [1.82, 2.24) is 14.8 Å². The molecule has 0 aliphatic carbocycles. The van der Waals surface area contributed by atoms with Crippen molar-refractivity contribution in [2.75, 3.05) is 0 Å². The van der Waals surface area contributed by atoms with Crippen LogP contribution in [0.2, 0.25) is 0 Å². The molecule has 1 aromatic carbocycles. The first kappa shape index (κ1) is 12.9. The van der Waals surface area contributed by atoms with Gasteiger partial charge < -0.3 is 4.57 Å². The molecule has 1 heterocycles. The lowest BCUT2D eigenvalue weighted by molar-refractivity contribution is 0.577. The van der Waals surface area contributed by atoms with Crippen LogP contribution in [0.15, 0.2) is 12.1 Å². The highest BCUT2D eigenvalue weighted by molar-refractivity contribution is 7.71. The Balaban J connectivity index is 2.62. The third-order valence-corrected chi connectivity index (χ3v) is 3.01. The van der Waals surface area contributed by atoms with Gasteiger partial charge in [-0.1, -0.05) is 6.92 Å². The smallest absolute Gasteiger partial charge is 0.195 e. The van der Waals surface area contributed by atoms with Gasteiger partial charge in [-0.15, -0.1) is 0 Å². The Morgan fingerprint density at radius 1 is 1.33 bits per heavy atom. The highest BCUT2D eigenvalue weighted by atomic mass is 32.1. The Morgan fingerprint density at radius 3 is 2.72 bits per heavy atom. The maximum Gasteiger partial charge on any atom is 0.195 e. The summed E-state index contributed by atoms with van der Waals surface area (Å²) in [6.07, 6.45) is 0.850. The Kier molecular flexibility index (Phi) is 3.56. The van der Waals surface area contributed by atoms with E-state index in [0.717, 1.165) is 12.5 Å². The second kappa shape index (κ2) is 4.97. The molecular formula is C12H13F2N3S. The van der Waals surface area contributed by atoms with Crippen molar-refractivity contribution < 1.29 is 8.78 Å². The van der Waals surface area contributed by atoms with E-state index < -0.39 is 11.6 Å². The molecule has 0 fully saturated rings. The van der Waals surface area contributed by atoms with Gasteiger partial charge in [0.05, 0.1) is 5.56 Å². The summed E-state index contributed by atoms with van der Waals surface area (Å²) in [4.78, 5) is 0. The molecule has 2 rings (SSSR count). The quantitative estimate of drug-likeness (QED) is 0.864. The lowest BCUT2D eigenvalue weighted by atomic mass is 10.1. The van der Waals surface area contributed by atoms with Gasteiger partial charge in [-0.2, -0.15) is 5.10 Å². The molecule has 6 heteroatoms. The number of H-pyrrole nitrogens is 1. The summed E-state index contributed by atoms with van der Waals surface area (Å²) in [6.45, 7) is 4.22. The largest absolute Gasteiger partial charge is 0.300 e. The van der Waals surface area contributed by atoms with E-state index in [2.05, 4.69) is 10.2 Å². The van der Waals surface area contributed by atoms with Gasteiger partial charge in [0.15, 0.2) is 10.6 Å². The fourth-order valence-electron chi connectivity index (χ4n) is 1.78. The summed E-state index contributed by atoms with van der Waals surface area (Å²) in [5.41, 5.74) is 0.637. The predicted octanol–water partition coefficient (Wildman–Crippen LogP) is 3.60. The minimum atomic E-state index is -0.635. The Bertz CT molecular complexity index is 631. The van der Waals surface area contributed by atoms with E-state index in [0.29, 0.717) is 22.7 Å². The van der Waals surface area contributed by atoms with Gasteiger partial charge in [0.1, 0.15) is 11.6 Å². The van der Waals surface area contributed by atoms with Crippen LogP contribution in [0.4, 0.5) is 8.78 Å². The first-order valence-corrected chi connectivity index (χ1v) is 6.06. The number of nitrogens with zero attached hydrogens (tertiary/aromatic N) is 2. The second-order valence-corrected chi connectivity index (χ2v) is 4.47. The van der Waals surface area contributed by atoms with Gasteiger partial charge in [0.25, 0.3) is 0 Å². The van der Waals surface area contributed by atoms with Crippen LogP contribution in [0, 0.1) is 23.3 Å². The number of hydrogen-bond donors (Lipinski definition) is 1. The molecule has 0 spiro atoms. The monoisotopic (exact) mass is 269 g/mol. The summed E-state index contributed by atoms with van der Waals surface area (Å²) in [5, 5.41) is 6.66. The summed E-state index contributed by atoms with van der Waals surface area (Å²) < 4.78 is 29.2. The topological polar surface area (TPSA) is 33.6 Å². The molecule has 0 atom stereocenters. The van der Waals surface area contributed by atoms with Crippen LogP contribution in [-0.4, -0.2) is 14.8 Å². The van der Waals surface area contributed by atoms with E-state index in [-0.39, 0.29) is 5.56 Å². The fourth-order valence-corrected chi connectivity index (χ4v) is 2.01. The molecule has 96 valence electrons. The van der Waals surface area contributed by atoms with Crippen LogP contribution < -0.4 is 0 Å². The molecule has 3 nitrogen and oxygen atoms in total. The Hall–Kier alpha value is -1.56. The molecule has 1 N–H and O–H groups in total. The van der Waals surface area contributed by atoms with Crippen molar-refractivity contribution in [3.05, 3.63) is 34.1 Å². The zero-order chi connectivity index (χ0) is 13.3.